The van der Waals surface area contributed by atoms with Gasteiger partial charge in [-0.1, -0.05) is 5.16 Å². The van der Waals surface area contributed by atoms with Crippen LogP contribution in [0.25, 0.3) is 0 Å². The van der Waals surface area contributed by atoms with Crippen LogP contribution in [0.15, 0.2) is 5.16 Å². The molecule has 7 nitrogen and oxygen atoms in total. The normalized spacial score (nSPS) is 24.7. The molecule has 2 heterocycles. The Kier molecular flexibility index (Phi) is 5.84. The summed E-state index contributed by atoms with van der Waals surface area (Å²) in [5, 5.41) is 11.6. The standard InChI is InChI=1S/C12H25N5O2/c13-12(14-18)11-17-5-3-15(4-6-17)1-2-16-7-9-19-10-8-16/h18H,1-11H2,(H2,13,14). The van der Waals surface area contributed by atoms with Gasteiger partial charge in [0.1, 0.15) is 0 Å². The van der Waals surface area contributed by atoms with Crippen molar-refractivity contribution in [3.63, 3.8) is 0 Å². The molecule has 0 aromatic heterocycles. The van der Waals surface area contributed by atoms with E-state index in [9.17, 15) is 0 Å². The Hall–Kier alpha value is -0.890. The molecule has 7 heteroatoms. The predicted octanol–water partition coefficient (Wildman–Crippen LogP) is -1.32. The number of amidine groups is 1. The number of nitrogens with zero attached hydrogens (tertiary/aromatic N) is 4. The van der Waals surface area contributed by atoms with Crippen molar-refractivity contribution in [2.45, 2.75) is 0 Å². The summed E-state index contributed by atoms with van der Waals surface area (Å²) in [6.45, 7) is 10.8. The van der Waals surface area contributed by atoms with Gasteiger partial charge in [0.2, 0.25) is 0 Å². The predicted molar refractivity (Wildman–Crippen MR) is 73.5 cm³/mol. The summed E-state index contributed by atoms with van der Waals surface area (Å²) >= 11 is 0. The van der Waals surface area contributed by atoms with Crippen molar-refractivity contribution in [1.29, 1.82) is 0 Å². The number of oxime groups is 1. The summed E-state index contributed by atoms with van der Waals surface area (Å²) in [4.78, 5) is 7.17. The number of hydrogen-bond donors (Lipinski definition) is 2. The van der Waals surface area contributed by atoms with Gasteiger partial charge in [0.25, 0.3) is 0 Å². The summed E-state index contributed by atoms with van der Waals surface area (Å²) in [7, 11) is 0. The first kappa shape index (κ1) is 14.5. The molecule has 0 bridgehead atoms. The molecule has 110 valence electrons. The minimum Gasteiger partial charge on any atom is -0.409 e. The highest BCUT2D eigenvalue weighted by molar-refractivity contribution is 5.81. The number of ether oxygens (including phenoxy) is 1. The molecule has 0 atom stereocenters. The summed E-state index contributed by atoms with van der Waals surface area (Å²) in [6, 6.07) is 0. The molecule has 0 amide bonds. The van der Waals surface area contributed by atoms with E-state index < -0.39 is 0 Å². The second-order valence-corrected chi connectivity index (χ2v) is 5.16. The minimum atomic E-state index is 0.293. The second kappa shape index (κ2) is 7.64. The molecule has 0 aromatic rings. The van der Waals surface area contributed by atoms with E-state index in [0.29, 0.717) is 12.4 Å². The lowest BCUT2D eigenvalue weighted by Crippen LogP contribution is -2.51. The first-order valence-corrected chi connectivity index (χ1v) is 6.99. The molecule has 3 N–H and O–H groups in total. The Morgan fingerprint density at radius 1 is 0.947 bits per heavy atom. The molecule has 2 aliphatic heterocycles. The van der Waals surface area contributed by atoms with Crippen LogP contribution in [0.3, 0.4) is 0 Å². The van der Waals surface area contributed by atoms with Gasteiger partial charge in [0.05, 0.1) is 19.8 Å². The zero-order valence-corrected chi connectivity index (χ0v) is 11.5. The quantitative estimate of drug-likeness (QED) is 0.280. The molecule has 2 saturated heterocycles. The maximum Gasteiger partial charge on any atom is 0.153 e. The average Bonchev–Trinajstić information content (AvgIpc) is 2.47. The van der Waals surface area contributed by atoms with E-state index in [1.807, 2.05) is 0 Å². The van der Waals surface area contributed by atoms with Crippen molar-refractivity contribution >= 4 is 5.84 Å². The van der Waals surface area contributed by atoms with E-state index >= 15 is 0 Å². The van der Waals surface area contributed by atoms with Crippen molar-refractivity contribution < 1.29 is 9.94 Å². The Bertz CT molecular complexity index is 286. The van der Waals surface area contributed by atoms with Crippen molar-refractivity contribution in [1.82, 2.24) is 14.7 Å². The lowest BCUT2D eigenvalue weighted by molar-refractivity contribution is 0.0304. The van der Waals surface area contributed by atoms with Crippen LogP contribution in [0.2, 0.25) is 0 Å². The van der Waals surface area contributed by atoms with Gasteiger partial charge in [0.15, 0.2) is 5.84 Å². The number of nitrogens with two attached hydrogens (primary N) is 1. The van der Waals surface area contributed by atoms with Gasteiger partial charge in [-0.05, 0) is 0 Å². The van der Waals surface area contributed by atoms with Crippen LogP contribution in [-0.4, -0.2) is 97.9 Å². The fourth-order valence-corrected chi connectivity index (χ4v) is 2.54. The molecule has 0 saturated carbocycles. The monoisotopic (exact) mass is 271 g/mol. The van der Waals surface area contributed by atoms with E-state index in [0.717, 1.165) is 65.6 Å². The molecule has 0 aliphatic carbocycles. The maximum atomic E-state index is 8.56. The smallest absolute Gasteiger partial charge is 0.153 e. The van der Waals surface area contributed by atoms with Crippen LogP contribution < -0.4 is 5.73 Å². The Labute approximate surface area is 114 Å². The number of morpholine rings is 1. The summed E-state index contributed by atoms with van der Waals surface area (Å²) in [5.74, 6) is 0.293. The van der Waals surface area contributed by atoms with Crippen LogP contribution in [0.5, 0.6) is 0 Å². The SMILES string of the molecule is N/C(CN1CCN(CCN2CCOCC2)CC1)=N\O. The molecule has 2 rings (SSSR count). The van der Waals surface area contributed by atoms with Crippen molar-refractivity contribution in [3.8, 4) is 0 Å². The Morgan fingerprint density at radius 2 is 1.47 bits per heavy atom. The topological polar surface area (TPSA) is 77.6 Å². The maximum absolute atomic E-state index is 8.56. The molecule has 0 radical (unpaired) electrons. The number of rotatable bonds is 5. The highest BCUT2D eigenvalue weighted by atomic mass is 16.5. The van der Waals surface area contributed by atoms with Gasteiger partial charge in [-0.15, -0.1) is 0 Å². The van der Waals surface area contributed by atoms with E-state index in [1.54, 1.807) is 0 Å². The summed E-state index contributed by atoms with van der Waals surface area (Å²) < 4.78 is 5.35. The number of hydrogen-bond acceptors (Lipinski definition) is 6. The van der Waals surface area contributed by atoms with Crippen LogP contribution >= 0.6 is 0 Å². The molecular formula is C12H25N5O2. The van der Waals surface area contributed by atoms with Crippen molar-refractivity contribution in [2.75, 3.05) is 72.1 Å². The second-order valence-electron chi connectivity index (χ2n) is 5.16. The summed E-state index contributed by atoms with van der Waals surface area (Å²) in [5.41, 5.74) is 5.52. The third-order valence-corrected chi connectivity index (χ3v) is 3.82. The molecular weight excluding hydrogens is 246 g/mol. The summed E-state index contributed by atoms with van der Waals surface area (Å²) in [6.07, 6.45) is 0. The Balaban J connectivity index is 1.60. The third kappa shape index (κ3) is 4.94. The van der Waals surface area contributed by atoms with E-state index in [1.165, 1.54) is 0 Å². The average molecular weight is 271 g/mol. The number of piperazine rings is 1. The van der Waals surface area contributed by atoms with Crippen LogP contribution in [0.4, 0.5) is 0 Å². The van der Waals surface area contributed by atoms with Crippen LogP contribution in [0.1, 0.15) is 0 Å². The molecule has 0 spiro atoms. The largest absolute Gasteiger partial charge is 0.409 e. The fourth-order valence-electron chi connectivity index (χ4n) is 2.54. The van der Waals surface area contributed by atoms with Crippen molar-refractivity contribution in [3.05, 3.63) is 0 Å². The third-order valence-electron chi connectivity index (χ3n) is 3.82. The lowest BCUT2D eigenvalue weighted by Gasteiger charge is -2.36. The Morgan fingerprint density at radius 3 is 2.05 bits per heavy atom. The molecule has 0 unspecified atom stereocenters. The van der Waals surface area contributed by atoms with Crippen LogP contribution in [0, 0.1) is 0 Å². The van der Waals surface area contributed by atoms with Gasteiger partial charge in [-0.25, -0.2) is 0 Å². The first-order chi connectivity index (χ1) is 9.28. The molecule has 19 heavy (non-hydrogen) atoms. The van der Waals surface area contributed by atoms with Gasteiger partial charge < -0.3 is 15.7 Å². The van der Waals surface area contributed by atoms with E-state index in [2.05, 4.69) is 19.9 Å². The van der Waals surface area contributed by atoms with Crippen LogP contribution in [-0.2, 0) is 4.74 Å². The first-order valence-electron chi connectivity index (χ1n) is 6.99. The van der Waals surface area contributed by atoms with Gasteiger partial charge in [-0.2, -0.15) is 0 Å². The molecule has 0 aromatic carbocycles. The molecule has 2 aliphatic rings. The highest BCUT2D eigenvalue weighted by Crippen LogP contribution is 2.03. The zero-order valence-electron chi connectivity index (χ0n) is 11.5. The van der Waals surface area contributed by atoms with E-state index in [-0.39, 0.29) is 0 Å². The van der Waals surface area contributed by atoms with E-state index in [4.69, 9.17) is 15.7 Å². The zero-order chi connectivity index (χ0) is 13.5. The minimum absolute atomic E-state index is 0.293. The van der Waals surface area contributed by atoms with Gasteiger partial charge in [-0.3, -0.25) is 14.7 Å². The highest BCUT2D eigenvalue weighted by Gasteiger charge is 2.18. The lowest BCUT2D eigenvalue weighted by atomic mass is 10.3. The fraction of sp³-hybridized carbons (Fsp3) is 0.917. The molecule has 2 fully saturated rings. The van der Waals surface area contributed by atoms with Gasteiger partial charge >= 0.3 is 0 Å². The van der Waals surface area contributed by atoms with Crippen molar-refractivity contribution in [2.24, 2.45) is 10.9 Å². The van der Waals surface area contributed by atoms with Gasteiger partial charge in [0, 0.05) is 52.4 Å².